The molecule has 1 fully saturated rings. The maximum Gasteiger partial charge on any atom is 0.237 e. The summed E-state index contributed by atoms with van der Waals surface area (Å²) in [5.74, 6) is 0.631. The normalized spacial score (nSPS) is 21.4. The predicted octanol–water partition coefficient (Wildman–Crippen LogP) is 3.12. The number of carbonyl (C=O) groups is 1. The van der Waals surface area contributed by atoms with E-state index in [1.807, 2.05) is 18.2 Å². The van der Waals surface area contributed by atoms with E-state index in [-0.39, 0.29) is 6.04 Å². The van der Waals surface area contributed by atoms with Gasteiger partial charge in [0.05, 0.1) is 13.2 Å². The highest BCUT2D eigenvalue weighted by atomic mass is 32.2. The van der Waals surface area contributed by atoms with Crippen molar-refractivity contribution in [3.63, 3.8) is 0 Å². The number of methoxy groups -OCH3 is 1. The van der Waals surface area contributed by atoms with Crippen molar-refractivity contribution < 1.29 is 22.4 Å². The number of ether oxygens (including phenoxy) is 1. The second kappa shape index (κ2) is 8.53. The molecule has 0 bridgehead atoms. The molecule has 28 heavy (non-hydrogen) atoms. The number of sulfonamides is 1. The van der Waals surface area contributed by atoms with Crippen molar-refractivity contribution in [2.45, 2.75) is 51.6 Å². The first-order valence-corrected chi connectivity index (χ1v) is 11.3. The molecule has 2 N–H and O–H groups in total. The summed E-state index contributed by atoms with van der Waals surface area (Å²) < 4.78 is 38.4. The third kappa shape index (κ3) is 5.05. The Morgan fingerprint density at radius 3 is 2.68 bits per heavy atom. The van der Waals surface area contributed by atoms with Crippen LogP contribution in [0.5, 0.6) is 5.75 Å². The summed E-state index contributed by atoms with van der Waals surface area (Å²) in [5.41, 5.74) is 0.599. The van der Waals surface area contributed by atoms with Crippen molar-refractivity contribution in [3.8, 4) is 5.75 Å². The zero-order chi connectivity index (χ0) is 20.3. The van der Waals surface area contributed by atoms with E-state index in [1.165, 1.54) is 0 Å². The Balaban J connectivity index is 1.59. The molecule has 0 saturated heterocycles. The van der Waals surface area contributed by atoms with Gasteiger partial charge < -0.3 is 14.5 Å². The lowest BCUT2D eigenvalue weighted by Crippen LogP contribution is -2.42. The van der Waals surface area contributed by atoms with E-state index >= 15 is 0 Å². The summed E-state index contributed by atoms with van der Waals surface area (Å²) in [6.07, 6.45) is 3.65. The van der Waals surface area contributed by atoms with Crippen LogP contribution in [-0.2, 0) is 14.8 Å². The van der Waals surface area contributed by atoms with Gasteiger partial charge in [0.1, 0.15) is 11.5 Å². The van der Waals surface area contributed by atoms with E-state index in [1.54, 1.807) is 20.1 Å². The highest BCUT2D eigenvalue weighted by Gasteiger charge is 2.25. The van der Waals surface area contributed by atoms with Gasteiger partial charge in [0.2, 0.25) is 15.9 Å². The van der Waals surface area contributed by atoms with Gasteiger partial charge in [0, 0.05) is 11.4 Å². The molecule has 0 aliphatic heterocycles. The fourth-order valence-corrected chi connectivity index (χ4v) is 4.89. The zero-order valence-corrected chi connectivity index (χ0v) is 17.3. The molecule has 3 rings (SSSR count). The predicted molar refractivity (Wildman–Crippen MR) is 108 cm³/mol. The summed E-state index contributed by atoms with van der Waals surface area (Å²) >= 11 is 0. The average molecular weight is 409 g/mol. The second-order valence-corrected chi connectivity index (χ2v) is 9.40. The molecule has 1 unspecified atom stereocenters. The lowest BCUT2D eigenvalue weighted by Gasteiger charge is -2.26. The van der Waals surface area contributed by atoms with Crippen molar-refractivity contribution in [1.29, 1.82) is 0 Å². The van der Waals surface area contributed by atoms with E-state index in [0.29, 0.717) is 23.0 Å². The molecule has 0 radical (unpaired) electrons. The van der Waals surface area contributed by atoms with Crippen LogP contribution in [0.1, 0.15) is 51.3 Å². The van der Waals surface area contributed by atoms with Gasteiger partial charge in [-0.15, -0.1) is 0 Å². The number of rotatable bonds is 7. The summed E-state index contributed by atoms with van der Waals surface area (Å²) in [6.45, 7) is 3.93. The standard InChI is InChI=1S/C20H28N2O5S/c1-13-7-9-16(10-8-13)22-28(24,25)12-19(23)21-14(2)18-11-15-5-4-6-17(26-3)20(15)27-18/h4-6,11,13-14,16,22H,7-10,12H2,1-3H3,(H,21,23). The summed E-state index contributed by atoms with van der Waals surface area (Å²) in [6, 6.07) is 6.82. The third-order valence-corrected chi connectivity index (χ3v) is 6.57. The minimum atomic E-state index is -3.67. The molecular weight excluding hydrogens is 380 g/mol. The van der Waals surface area contributed by atoms with Crippen LogP contribution in [0.25, 0.3) is 11.0 Å². The fourth-order valence-electron chi connectivity index (χ4n) is 3.63. The van der Waals surface area contributed by atoms with Gasteiger partial charge in [-0.1, -0.05) is 19.1 Å². The molecule has 7 nitrogen and oxygen atoms in total. The summed E-state index contributed by atoms with van der Waals surface area (Å²) in [5, 5.41) is 3.56. The van der Waals surface area contributed by atoms with Crippen molar-refractivity contribution in [2.75, 3.05) is 12.9 Å². The molecular formula is C20H28N2O5S. The SMILES string of the molecule is COc1cccc2cc(C(C)NC(=O)CS(=O)(=O)NC3CCC(C)CC3)oc12. The molecule has 1 heterocycles. The van der Waals surface area contributed by atoms with Crippen molar-refractivity contribution in [3.05, 3.63) is 30.0 Å². The quantitative estimate of drug-likeness (QED) is 0.734. The zero-order valence-electron chi connectivity index (χ0n) is 16.5. The van der Waals surface area contributed by atoms with E-state index in [2.05, 4.69) is 17.0 Å². The number of furan rings is 1. The largest absolute Gasteiger partial charge is 0.493 e. The number of carbonyl (C=O) groups excluding carboxylic acids is 1. The Morgan fingerprint density at radius 1 is 1.29 bits per heavy atom. The maximum absolute atomic E-state index is 12.3. The molecule has 8 heteroatoms. The van der Waals surface area contributed by atoms with Crippen molar-refractivity contribution >= 4 is 26.9 Å². The van der Waals surface area contributed by atoms with Crippen molar-refractivity contribution in [1.82, 2.24) is 10.0 Å². The molecule has 1 aromatic heterocycles. The molecule has 1 aromatic carbocycles. The van der Waals surface area contributed by atoms with Crippen LogP contribution in [0.4, 0.5) is 0 Å². The van der Waals surface area contributed by atoms with Crippen LogP contribution in [0.3, 0.4) is 0 Å². The Hall–Kier alpha value is -2.06. The van der Waals surface area contributed by atoms with Crippen LogP contribution >= 0.6 is 0 Å². The van der Waals surface area contributed by atoms with Gasteiger partial charge in [-0.3, -0.25) is 4.79 Å². The first kappa shape index (κ1) is 20.7. The average Bonchev–Trinajstić information content (AvgIpc) is 3.07. The number of nitrogens with one attached hydrogen (secondary N) is 2. The lowest BCUT2D eigenvalue weighted by atomic mass is 9.88. The Morgan fingerprint density at radius 2 is 2.00 bits per heavy atom. The number of para-hydroxylation sites is 1. The highest BCUT2D eigenvalue weighted by Crippen LogP contribution is 2.30. The molecule has 1 saturated carbocycles. The van der Waals surface area contributed by atoms with Gasteiger partial charge in [-0.05, 0) is 50.7 Å². The van der Waals surface area contributed by atoms with Gasteiger partial charge >= 0.3 is 0 Å². The smallest absolute Gasteiger partial charge is 0.237 e. The second-order valence-electron chi connectivity index (χ2n) is 7.65. The number of hydrogen-bond acceptors (Lipinski definition) is 5. The Labute approximate surface area is 165 Å². The molecule has 1 aliphatic rings. The van der Waals surface area contributed by atoms with Crippen LogP contribution in [0.2, 0.25) is 0 Å². The summed E-state index contributed by atoms with van der Waals surface area (Å²) in [4.78, 5) is 12.3. The van der Waals surface area contributed by atoms with Crippen LogP contribution in [0, 0.1) is 5.92 Å². The molecule has 1 atom stereocenters. The number of fused-ring (bicyclic) bond motifs is 1. The van der Waals surface area contributed by atoms with E-state index < -0.39 is 27.7 Å². The summed E-state index contributed by atoms with van der Waals surface area (Å²) in [7, 11) is -2.11. The minimum Gasteiger partial charge on any atom is -0.493 e. The first-order chi connectivity index (χ1) is 13.3. The molecule has 0 spiro atoms. The number of benzene rings is 1. The maximum atomic E-state index is 12.3. The topological polar surface area (TPSA) is 97.6 Å². The van der Waals surface area contributed by atoms with Gasteiger partial charge in [0.25, 0.3) is 0 Å². The van der Waals surface area contributed by atoms with Crippen LogP contribution in [-0.4, -0.2) is 33.2 Å². The van der Waals surface area contributed by atoms with E-state index in [4.69, 9.17) is 9.15 Å². The molecule has 1 amide bonds. The molecule has 154 valence electrons. The van der Waals surface area contributed by atoms with Gasteiger partial charge in [-0.2, -0.15) is 0 Å². The molecule has 1 aliphatic carbocycles. The lowest BCUT2D eigenvalue weighted by molar-refractivity contribution is -0.119. The first-order valence-electron chi connectivity index (χ1n) is 9.63. The van der Waals surface area contributed by atoms with Gasteiger partial charge in [0.15, 0.2) is 11.3 Å². The van der Waals surface area contributed by atoms with Crippen LogP contribution < -0.4 is 14.8 Å². The highest BCUT2D eigenvalue weighted by molar-refractivity contribution is 7.90. The number of hydrogen-bond donors (Lipinski definition) is 2. The van der Waals surface area contributed by atoms with E-state index in [0.717, 1.165) is 31.1 Å². The molecule has 2 aromatic rings. The van der Waals surface area contributed by atoms with Crippen molar-refractivity contribution in [2.24, 2.45) is 5.92 Å². The van der Waals surface area contributed by atoms with Gasteiger partial charge in [-0.25, -0.2) is 13.1 Å². The number of amides is 1. The Kier molecular flexibility index (Phi) is 6.30. The third-order valence-electron chi connectivity index (χ3n) is 5.23. The minimum absolute atomic E-state index is 0.0748. The Bertz CT molecular complexity index is 929. The fraction of sp³-hybridized carbons (Fsp3) is 0.550. The van der Waals surface area contributed by atoms with E-state index in [9.17, 15) is 13.2 Å². The monoisotopic (exact) mass is 408 g/mol. The van der Waals surface area contributed by atoms with Crippen LogP contribution in [0.15, 0.2) is 28.7 Å².